The number of nitrogen functional groups attached to an aromatic ring is 1. The highest BCUT2D eigenvalue weighted by Gasteiger charge is 2.18. The van der Waals surface area contributed by atoms with Crippen LogP contribution in [-0.4, -0.2) is 28.8 Å². The third kappa shape index (κ3) is 3.38. The minimum Gasteiger partial charge on any atom is -0.397 e. The molecule has 0 aliphatic heterocycles. The molecule has 0 aliphatic carbocycles. The minimum atomic E-state index is -0.729. The third-order valence-corrected chi connectivity index (χ3v) is 2.42. The van der Waals surface area contributed by atoms with E-state index in [1.807, 2.05) is 24.8 Å². The van der Waals surface area contributed by atoms with Crippen LogP contribution in [0.2, 0.25) is 0 Å². The van der Waals surface area contributed by atoms with Crippen LogP contribution >= 0.6 is 0 Å². The molecule has 0 aliphatic rings. The molecule has 0 spiro atoms. The summed E-state index contributed by atoms with van der Waals surface area (Å²) in [7, 11) is 0. The van der Waals surface area contributed by atoms with Gasteiger partial charge in [-0.2, -0.15) is 0 Å². The normalized spacial score (nSPS) is 11.6. The van der Waals surface area contributed by atoms with Crippen LogP contribution in [0.25, 0.3) is 0 Å². The molecule has 4 heteroatoms. The summed E-state index contributed by atoms with van der Waals surface area (Å²) in [5.41, 5.74) is 6.71. The van der Waals surface area contributed by atoms with Crippen molar-refractivity contribution in [3.05, 3.63) is 17.8 Å². The monoisotopic (exact) mass is 223 g/mol. The zero-order valence-electron chi connectivity index (χ0n) is 10.5. The number of anilines is 2. The largest absolute Gasteiger partial charge is 0.397 e. The average molecular weight is 223 g/mol. The first-order valence-corrected chi connectivity index (χ1v) is 5.53. The second-order valence-corrected chi connectivity index (χ2v) is 4.73. The van der Waals surface area contributed by atoms with Gasteiger partial charge >= 0.3 is 0 Å². The van der Waals surface area contributed by atoms with Crippen LogP contribution in [0, 0.1) is 6.92 Å². The van der Waals surface area contributed by atoms with Crippen molar-refractivity contribution in [3.63, 3.8) is 0 Å². The molecule has 0 atom stereocenters. The van der Waals surface area contributed by atoms with E-state index in [1.54, 1.807) is 20.0 Å². The van der Waals surface area contributed by atoms with Gasteiger partial charge in [-0.25, -0.2) is 4.98 Å². The van der Waals surface area contributed by atoms with Crippen molar-refractivity contribution in [2.45, 2.75) is 33.3 Å². The van der Waals surface area contributed by atoms with Crippen LogP contribution < -0.4 is 10.6 Å². The Balaban J connectivity index is 2.91. The predicted octanol–water partition coefficient (Wildman–Crippen LogP) is 1.57. The highest BCUT2D eigenvalue weighted by Crippen LogP contribution is 2.18. The molecule has 0 aromatic carbocycles. The summed E-state index contributed by atoms with van der Waals surface area (Å²) >= 11 is 0. The molecule has 90 valence electrons. The maximum atomic E-state index is 9.81. The van der Waals surface area contributed by atoms with Crippen LogP contribution in [0.4, 0.5) is 11.5 Å². The molecule has 0 bridgehead atoms. The number of nitrogens with zero attached hydrogens (tertiary/aromatic N) is 2. The Labute approximate surface area is 97.1 Å². The Morgan fingerprint density at radius 1 is 1.50 bits per heavy atom. The van der Waals surface area contributed by atoms with E-state index in [9.17, 15) is 5.11 Å². The SMILES string of the molecule is CCN(CC(C)(C)O)c1cc(C)c(N)cn1. The molecule has 4 nitrogen and oxygen atoms in total. The van der Waals surface area contributed by atoms with Gasteiger partial charge in [-0.1, -0.05) is 0 Å². The van der Waals surface area contributed by atoms with E-state index in [4.69, 9.17) is 5.73 Å². The molecule has 0 fully saturated rings. The van der Waals surface area contributed by atoms with Crippen molar-refractivity contribution in [1.82, 2.24) is 4.98 Å². The van der Waals surface area contributed by atoms with Gasteiger partial charge in [-0.15, -0.1) is 0 Å². The van der Waals surface area contributed by atoms with E-state index in [1.165, 1.54) is 0 Å². The Kier molecular flexibility index (Phi) is 3.75. The van der Waals surface area contributed by atoms with Gasteiger partial charge in [0.05, 0.1) is 17.5 Å². The zero-order chi connectivity index (χ0) is 12.3. The van der Waals surface area contributed by atoms with Crippen LogP contribution in [0.3, 0.4) is 0 Å². The summed E-state index contributed by atoms with van der Waals surface area (Å²) in [4.78, 5) is 6.32. The molecule has 1 aromatic heterocycles. The molecule has 0 saturated carbocycles. The van der Waals surface area contributed by atoms with Gasteiger partial charge in [0.1, 0.15) is 5.82 Å². The summed E-state index contributed by atoms with van der Waals surface area (Å²) in [5.74, 6) is 0.858. The summed E-state index contributed by atoms with van der Waals surface area (Å²) in [6.07, 6.45) is 1.66. The number of aryl methyl sites for hydroxylation is 1. The van der Waals surface area contributed by atoms with Crippen molar-refractivity contribution in [1.29, 1.82) is 0 Å². The lowest BCUT2D eigenvalue weighted by Gasteiger charge is -2.29. The first-order valence-electron chi connectivity index (χ1n) is 5.53. The fourth-order valence-electron chi connectivity index (χ4n) is 1.55. The second-order valence-electron chi connectivity index (χ2n) is 4.73. The van der Waals surface area contributed by atoms with Crippen LogP contribution in [0.15, 0.2) is 12.3 Å². The Morgan fingerprint density at radius 2 is 2.12 bits per heavy atom. The first-order chi connectivity index (χ1) is 7.33. The van der Waals surface area contributed by atoms with Crippen molar-refractivity contribution >= 4 is 11.5 Å². The van der Waals surface area contributed by atoms with E-state index < -0.39 is 5.60 Å². The smallest absolute Gasteiger partial charge is 0.128 e. The maximum absolute atomic E-state index is 9.81. The lowest BCUT2D eigenvalue weighted by atomic mass is 10.1. The fraction of sp³-hybridized carbons (Fsp3) is 0.583. The van der Waals surface area contributed by atoms with E-state index in [0.717, 1.165) is 17.9 Å². The molecule has 0 saturated heterocycles. The zero-order valence-corrected chi connectivity index (χ0v) is 10.5. The number of aromatic nitrogens is 1. The number of rotatable bonds is 4. The lowest BCUT2D eigenvalue weighted by molar-refractivity contribution is 0.0874. The molecule has 0 radical (unpaired) electrons. The number of aliphatic hydroxyl groups is 1. The molecule has 1 aromatic rings. The summed E-state index contributed by atoms with van der Waals surface area (Å²) in [6, 6.07) is 1.95. The van der Waals surface area contributed by atoms with Gasteiger partial charge in [0.2, 0.25) is 0 Å². The quantitative estimate of drug-likeness (QED) is 0.813. The predicted molar refractivity (Wildman–Crippen MR) is 67.6 cm³/mol. The van der Waals surface area contributed by atoms with Gasteiger partial charge in [-0.05, 0) is 39.3 Å². The molecular formula is C12H21N3O. The number of hydrogen-bond acceptors (Lipinski definition) is 4. The van der Waals surface area contributed by atoms with E-state index in [0.29, 0.717) is 12.2 Å². The van der Waals surface area contributed by atoms with Gasteiger partial charge in [0.25, 0.3) is 0 Å². The van der Waals surface area contributed by atoms with Crippen molar-refractivity contribution in [3.8, 4) is 0 Å². The number of nitrogens with two attached hydrogens (primary N) is 1. The van der Waals surface area contributed by atoms with Crippen LogP contribution in [0.1, 0.15) is 26.3 Å². The fourth-order valence-corrected chi connectivity index (χ4v) is 1.55. The summed E-state index contributed by atoms with van der Waals surface area (Å²) in [6.45, 7) is 8.94. The number of pyridine rings is 1. The van der Waals surface area contributed by atoms with Gasteiger partial charge in [0, 0.05) is 13.1 Å². The minimum absolute atomic E-state index is 0.555. The summed E-state index contributed by atoms with van der Waals surface area (Å²) < 4.78 is 0. The van der Waals surface area contributed by atoms with E-state index in [-0.39, 0.29) is 0 Å². The highest BCUT2D eigenvalue weighted by molar-refractivity contribution is 5.52. The average Bonchev–Trinajstić information content (AvgIpc) is 2.17. The Morgan fingerprint density at radius 3 is 2.56 bits per heavy atom. The maximum Gasteiger partial charge on any atom is 0.128 e. The molecule has 0 unspecified atom stereocenters. The van der Waals surface area contributed by atoms with Crippen LogP contribution in [0.5, 0.6) is 0 Å². The number of likely N-dealkylation sites (N-methyl/N-ethyl adjacent to an activating group) is 1. The first kappa shape index (κ1) is 12.8. The van der Waals surface area contributed by atoms with Gasteiger partial charge in [-0.3, -0.25) is 0 Å². The van der Waals surface area contributed by atoms with E-state index in [2.05, 4.69) is 4.98 Å². The molecule has 16 heavy (non-hydrogen) atoms. The molecule has 0 amide bonds. The third-order valence-electron chi connectivity index (χ3n) is 2.42. The Hall–Kier alpha value is -1.29. The van der Waals surface area contributed by atoms with Gasteiger partial charge < -0.3 is 15.7 Å². The lowest BCUT2D eigenvalue weighted by Crippen LogP contribution is -2.39. The van der Waals surface area contributed by atoms with Crippen molar-refractivity contribution in [2.24, 2.45) is 0 Å². The van der Waals surface area contributed by atoms with Crippen molar-refractivity contribution in [2.75, 3.05) is 23.7 Å². The molecule has 3 N–H and O–H groups in total. The van der Waals surface area contributed by atoms with Crippen molar-refractivity contribution < 1.29 is 5.11 Å². The molecular weight excluding hydrogens is 202 g/mol. The number of hydrogen-bond donors (Lipinski definition) is 2. The standard InChI is InChI=1S/C12H21N3O/c1-5-15(8-12(3,4)16)11-6-9(2)10(13)7-14-11/h6-7,16H,5,8,13H2,1-4H3. The Bertz CT molecular complexity index is 358. The molecule has 1 heterocycles. The highest BCUT2D eigenvalue weighted by atomic mass is 16.3. The summed E-state index contributed by atoms with van der Waals surface area (Å²) in [5, 5.41) is 9.81. The van der Waals surface area contributed by atoms with Gasteiger partial charge in [0.15, 0.2) is 0 Å². The van der Waals surface area contributed by atoms with Crippen LogP contribution in [-0.2, 0) is 0 Å². The van der Waals surface area contributed by atoms with E-state index >= 15 is 0 Å². The topological polar surface area (TPSA) is 62.4 Å². The molecule has 1 rings (SSSR count). The second kappa shape index (κ2) is 4.70.